The fourth-order valence-corrected chi connectivity index (χ4v) is 4.93. The highest BCUT2D eigenvalue weighted by Gasteiger charge is 2.43. The maximum Gasteiger partial charge on any atom is 0.226 e. The van der Waals surface area contributed by atoms with E-state index in [0.717, 1.165) is 16.7 Å². The third kappa shape index (κ3) is 3.08. The van der Waals surface area contributed by atoms with Crippen LogP contribution in [-0.4, -0.2) is 41.3 Å². The minimum absolute atomic E-state index is 0.0524. The van der Waals surface area contributed by atoms with E-state index in [1.54, 1.807) is 6.07 Å². The van der Waals surface area contributed by atoms with E-state index in [9.17, 15) is 10.2 Å². The average molecular weight is 428 g/mol. The predicted molar refractivity (Wildman–Crippen MR) is 113 cm³/mol. The van der Waals surface area contributed by atoms with Crippen molar-refractivity contribution in [2.45, 2.75) is 30.6 Å². The van der Waals surface area contributed by atoms with E-state index in [1.807, 2.05) is 40.5 Å². The van der Waals surface area contributed by atoms with E-state index in [0.29, 0.717) is 23.3 Å². The van der Waals surface area contributed by atoms with Gasteiger partial charge in [0.25, 0.3) is 0 Å². The molecule has 1 aromatic carbocycles. The maximum absolute atomic E-state index is 10.8. The second-order valence-corrected chi connectivity index (χ2v) is 8.26. The summed E-state index contributed by atoms with van der Waals surface area (Å²) in [5.41, 5.74) is 9.56. The fourth-order valence-electron chi connectivity index (χ4n) is 4.21. The Balaban J connectivity index is 1.51. The lowest BCUT2D eigenvalue weighted by atomic mass is 9.93. The van der Waals surface area contributed by atoms with Crippen molar-refractivity contribution in [1.82, 2.24) is 18.9 Å². The zero-order valence-corrected chi connectivity index (χ0v) is 16.8. The monoisotopic (exact) mass is 427 g/mol. The van der Waals surface area contributed by atoms with Crippen molar-refractivity contribution < 1.29 is 10.2 Å². The van der Waals surface area contributed by atoms with Crippen molar-refractivity contribution in [1.29, 1.82) is 0 Å². The van der Waals surface area contributed by atoms with Gasteiger partial charge in [-0.2, -0.15) is 4.98 Å². The van der Waals surface area contributed by atoms with Crippen LogP contribution in [0.4, 0.5) is 5.82 Å². The van der Waals surface area contributed by atoms with Crippen LogP contribution in [0.15, 0.2) is 48.1 Å². The topological polar surface area (TPSA) is 110 Å². The number of hydrogen-bond acceptors (Lipinski definition) is 7. The van der Waals surface area contributed by atoms with Crippen LogP contribution in [0.1, 0.15) is 23.9 Å². The summed E-state index contributed by atoms with van der Waals surface area (Å²) >= 11 is 7.38. The average Bonchev–Trinajstić information content (AvgIpc) is 3.43. The maximum atomic E-state index is 10.8. The van der Waals surface area contributed by atoms with Crippen molar-refractivity contribution in [3.05, 3.63) is 59.0 Å². The van der Waals surface area contributed by atoms with Crippen LogP contribution in [0.5, 0.6) is 0 Å². The zero-order valence-electron chi connectivity index (χ0n) is 15.2. The number of aromatic nitrogens is 4. The Morgan fingerprint density at radius 3 is 2.79 bits per heavy atom. The molecule has 3 heterocycles. The van der Waals surface area contributed by atoms with Crippen LogP contribution in [0.2, 0.25) is 5.28 Å². The second kappa shape index (κ2) is 7.07. The van der Waals surface area contributed by atoms with Crippen LogP contribution in [0.25, 0.3) is 22.2 Å². The van der Waals surface area contributed by atoms with Crippen molar-refractivity contribution >= 4 is 40.0 Å². The first kappa shape index (κ1) is 18.5. The number of aliphatic hydroxyl groups is 2. The van der Waals surface area contributed by atoms with E-state index in [-0.39, 0.29) is 17.2 Å². The molecule has 0 amide bonds. The summed E-state index contributed by atoms with van der Waals surface area (Å²) in [6.45, 7) is 0. The van der Waals surface area contributed by atoms with Crippen molar-refractivity contribution in [3.8, 4) is 11.1 Å². The molecule has 0 aliphatic heterocycles. The number of hydrogen-bond donors (Lipinski definition) is 3. The third-order valence-electron chi connectivity index (χ3n) is 5.66. The molecule has 1 saturated carbocycles. The number of fused-ring (bicyclic) bond motifs is 1. The quantitative estimate of drug-likeness (QED) is 0.433. The van der Waals surface area contributed by atoms with Gasteiger partial charge < -0.3 is 20.5 Å². The number of halogens is 1. The molecule has 5 rings (SSSR count). The third-order valence-corrected chi connectivity index (χ3v) is 6.42. The van der Waals surface area contributed by atoms with Gasteiger partial charge in [-0.25, -0.2) is 9.36 Å². The Hall–Kier alpha value is -2.52. The summed E-state index contributed by atoms with van der Waals surface area (Å²) in [4.78, 5) is 8.26. The molecule has 29 heavy (non-hydrogen) atoms. The number of aliphatic hydroxyl groups excluding tert-OH is 2. The standard InChI is InChI=1S/C20H18ClN5O2S/c21-20-24-18(22)13-4-5-26(19(13)25-20)15-7-14(16(27)17(15)28)11-3-1-2-10(6-11)12-8-23-29-9-12/h1-6,8-9,14-17,27-28H,7H2,(H2,22,24,25)/t14-,15-,16-,17+/m1/s1. The Labute approximate surface area is 175 Å². The number of anilines is 1. The molecule has 3 aromatic heterocycles. The lowest BCUT2D eigenvalue weighted by molar-refractivity contribution is 0.0179. The minimum Gasteiger partial charge on any atom is -0.390 e. The fraction of sp³-hybridized carbons (Fsp3) is 0.250. The summed E-state index contributed by atoms with van der Waals surface area (Å²) in [6.07, 6.45) is 2.34. The number of nitrogens with two attached hydrogens (primary N) is 1. The summed E-state index contributed by atoms with van der Waals surface area (Å²) in [5.74, 6) is 0.0778. The van der Waals surface area contributed by atoms with Crippen LogP contribution >= 0.6 is 23.1 Å². The molecule has 4 N–H and O–H groups in total. The molecule has 0 saturated heterocycles. The summed E-state index contributed by atoms with van der Waals surface area (Å²) in [7, 11) is 0. The van der Waals surface area contributed by atoms with Crippen LogP contribution in [0.3, 0.4) is 0 Å². The molecular weight excluding hydrogens is 410 g/mol. The van der Waals surface area contributed by atoms with E-state index >= 15 is 0 Å². The molecule has 0 radical (unpaired) electrons. The molecule has 4 aromatic rings. The van der Waals surface area contributed by atoms with Crippen molar-refractivity contribution in [3.63, 3.8) is 0 Å². The zero-order chi connectivity index (χ0) is 20.1. The molecule has 4 atom stereocenters. The lowest BCUT2D eigenvalue weighted by Crippen LogP contribution is -2.28. The van der Waals surface area contributed by atoms with Crippen LogP contribution < -0.4 is 5.73 Å². The molecule has 1 fully saturated rings. The SMILES string of the molecule is Nc1nc(Cl)nc2c1ccn2[C@@H]1C[C@H](c2cccc(-c3cnsc3)c2)[C@@H](O)[C@H]1O. The molecule has 1 aliphatic rings. The Morgan fingerprint density at radius 2 is 2.00 bits per heavy atom. The van der Waals surface area contributed by atoms with Gasteiger partial charge in [0.1, 0.15) is 17.6 Å². The predicted octanol–water partition coefficient (Wildman–Crippen LogP) is 3.24. The summed E-state index contributed by atoms with van der Waals surface area (Å²) in [6, 6.07) is 9.47. The van der Waals surface area contributed by atoms with Crippen molar-refractivity contribution in [2.75, 3.05) is 5.73 Å². The number of rotatable bonds is 3. The Bertz CT molecular complexity index is 1180. The van der Waals surface area contributed by atoms with Crippen molar-refractivity contribution in [2.24, 2.45) is 0 Å². The van der Waals surface area contributed by atoms with Gasteiger partial charge in [0, 0.05) is 29.3 Å². The van der Waals surface area contributed by atoms with E-state index in [2.05, 4.69) is 20.4 Å². The van der Waals surface area contributed by atoms with Gasteiger partial charge in [0.15, 0.2) is 0 Å². The highest BCUT2D eigenvalue weighted by molar-refractivity contribution is 7.03. The summed E-state index contributed by atoms with van der Waals surface area (Å²) < 4.78 is 5.99. The van der Waals surface area contributed by atoms with E-state index < -0.39 is 12.2 Å². The first-order valence-electron chi connectivity index (χ1n) is 9.18. The van der Waals surface area contributed by atoms with Gasteiger partial charge in [-0.15, -0.1) is 0 Å². The number of nitrogen functional groups attached to an aromatic ring is 1. The van der Waals surface area contributed by atoms with Gasteiger partial charge in [-0.3, -0.25) is 0 Å². The molecule has 0 spiro atoms. The van der Waals surface area contributed by atoms with E-state index in [4.69, 9.17) is 17.3 Å². The molecule has 1 aliphatic carbocycles. The molecule has 0 bridgehead atoms. The van der Waals surface area contributed by atoms with Gasteiger partial charge in [0.05, 0.1) is 17.5 Å². The molecule has 7 nitrogen and oxygen atoms in total. The first-order chi connectivity index (χ1) is 14.0. The van der Waals surface area contributed by atoms with Gasteiger partial charge in [0.2, 0.25) is 5.28 Å². The Morgan fingerprint density at radius 1 is 1.14 bits per heavy atom. The second-order valence-electron chi connectivity index (χ2n) is 7.27. The largest absolute Gasteiger partial charge is 0.390 e. The summed E-state index contributed by atoms with van der Waals surface area (Å²) in [5, 5.41) is 24.4. The smallest absolute Gasteiger partial charge is 0.226 e. The van der Waals surface area contributed by atoms with Gasteiger partial charge >= 0.3 is 0 Å². The number of benzene rings is 1. The van der Waals surface area contributed by atoms with Crippen LogP contribution in [0, 0.1) is 0 Å². The lowest BCUT2D eigenvalue weighted by Gasteiger charge is -2.19. The highest BCUT2D eigenvalue weighted by Crippen LogP contribution is 2.43. The molecular formula is C20H18ClN5O2S. The van der Waals surface area contributed by atoms with Crippen LogP contribution in [-0.2, 0) is 0 Å². The minimum atomic E-state index is -0.947. The normalized spacial score (nSPS) is 24.4. The molecule has 0 unspecified atom stereocenters. The van der Waals surface area contributed by atoms with E-state index in [1.165, 1.54) is 11.5 Å². The first-order valence-corrected chi connectivity index (χ1v) is 10.4. The van der Waals surface area contributed by atoms with Gasteiger partial charge in [-0.05, 0) is 46.7 Å². The molecule has 9 heteroatoms. The molecule has 148 valence electrons. The highest BCUT2D eigenvalue weighted by atomic mass is 35.5. The number of nitrogens with zero attached hydrogens (tertiary/aromatic N) is 4. The Kier molecular flexibility index (Phi) is 4.51. The van der Waals surface area contributed by atoms with Gasteiger partial charge in [-0.1, -0.05) is 24.3 Å².